The average molecular weight is 238 g/mol. The summed E-state index contributed by atoms with van der Waals surface area (Å²) in [5.74, 6) is 1.09. The first-order chi connectivity index (χ1) is 7.59. The van der Waals surface area contributed by atoms with Crippen LogP contribution in [0.2, 0.25) is 5.15 Å². The summed E-state index contributed by atoms with van der Waals surface area (Å²) in [6.07, 6.45) is 2.18. The van der Waals surface area contributed by atoms with Crippen LogP contribution < -0.4 is 10.6 Å². The summed E-state index contributed by atoms with van der Waals surface area (Å²) in [5, 5.41) is 6.53. The van der Waals surface area contributed by atoms with E-state index in [4.69, 9.17) is 11.6 Å². The molecule has 1 aromatic rings. The molecule has 84 valence electrons. The lowest BCUT2D eigenvalue weighted by Gasteiger charge is -2.35. The van der Waals surface area contributed by atoms with Gasteiger partial charge in [-0.1, -0.05) is 11.6 Å². The predicted octanol–water partition coefficient (Wildman–Crippen LogP) is 2.27. The number of fused-ring (bicyclic) bond motifs is 1. The van der Waals surface area contributed by atoms with E-state index in [0.29, 0.717) is 22.6 Å². The van der Waals surface area contributed by atoms with E-state index >= 15 is 0 Å². The van der Waals surface area contributed by atoms with Gasteiger partial charge in [0.15, 0.2) is 5.82 Å². The molecule has 0 bridgehead atoms. The van der Waals surface area contributed by atoms with E-state index < -0.39 is 5.54 Å². The average Bonchev–Trinajstić information content (AvgIpc) is 3.04. The Morgan fingerprint density at radius 3 is 2.94 bits per heavy atom. The number of hydrogen-bond acceptors (Lipinski definition) is 3. The van der Waals surface area contributed by atoms with E-state index in [-0.39, 0.29) is 5.91 Å². The van der Waals surface area contributed by atoms with Gasteiger partial charge in [-0.15, -0.1) is 0 Å². The zero-order valence-electron chi connectivity index (χ0n) is 8.88. The predicted molar refractivity (Wildman–Crippen MR) is 62.6 cm³/mol. The molecule has 0 spiro atoms. The van der Waals surface area contributed by atoms with Gasteiger partial charge >= 0.3 is 0 Å². The molecule has 1 atom stereocenters. The van der Waals surface area contributed by atoms with Crippen LogP contribution in [0.3, 0.4) is 0 Å². The van der Waals surface area contributed by atoms with Gasteiger partial charge in [-0.25, -0.2) is 4.98 Å². The van der Waals surface area contributed by atoms with Crippen LogP contribution in [0.1, 0.15) is 19.8 Å². The van der Waals surface area contributed by atoms with Crippen LogP contribution in [0.15, 0.2) is 12.1 Å². The first kappa shape index (κ1) is 9.90. The summed E-state index contributed by atoms with van der Waals surface area (Å²) < 4.78 is 0. The largest absolute Gasteiger partial charge is 0.354 e. The Kier molecular flexibility index (Phi) is 1.92. The number of hydrogen-bond donors (Lipinski definition) is 2. The number of carbonyl (C=O) groups is 1. The van der Waals surface area contributed by atoms with Gasteiger partial charge in [-0.2, -0.15) is 0 Å². The van der Waals surface area contributed by atoms with Gasteiger partial charge in [0.1, 0.15) is 10.7 Å². The maximum atomic E-state index is 12.0. The molecule has 2 N–H and O–H groups in total. The molecule has 1 fully saturated rings. The Morgan fingerprint density at radius 2 is 2.25 bits per heavy atom. The lowest BCUT2D eigenvalue weighted by Crippen LogP contribution is -2.52. The molecule has 0 saturated heterocycles. The van der Waals surface area contributed by atoms with Crippen molar-refractivity contribution >= 4 is 29.0 Å². The molecule has 1 amide bonds. The van der Waals surface area contributed by atoms with Crippen LogP contribution in [0.25, 0.3) is 0 Å². The fourth-order valence-corrected chi connectivity index (χ4v) is 2.28. The monoisotopic (exact) mass is 237 g/mol. The standard InChI is InChI=1S/C11H12ClN3O/c1-11(6-2-3-6)10(16)13-7-4-5-8(12)14-9(7)15-11/h4-6H,2-3H2,1H3,(H,13,16)(H,14,15). The number of nitrogens with one attached hydrogen (secondary N) is 2. The van der Waals surface area contributed by atoms with Crippen LogP contribution in [0.4, 0.5) is 11.5 Å². The maximum Gasteiger partial charge on any atom is 0.250 e. The lowest BCUT2D eigenvalue weighted by atomic mass is 9.92. The number of aromatic nitrogens is 1. The Balaban J connectivity index is 2.02. The third-order valence-corrected chi connectivity index (χ3v) is 3.56. The zero-order chi connectivity index (χ0) is 11.3. The smallest absolute Gasteiger partial charge is 0.250 e. The first-order valence-corrected chi connectivity index (χ1v) is 5.73. The Labute approximate surface area is 98.4 Å². The van der Waals surface area contributed by atoms with Crippen molar-refractivity contribution in [2.75, 3.05) is 10.6 Å². The second-order valence-electron chi connectivity index (χ2n) is 4.59. The third-order valence-electron chi connectivity index (χ3n) is 3.35. The molecular formula is C11H12ClN3O. The highest BCUT2D eigenvalue weighted by atomic mass is 35.5. The Morgan fingerprint density at radius 1 is 1.50 bits per heavy atom. The van der Waals surface area contributed by atoms with Gasteiger partial charge in [0.25, 0.3) is 0 Å². The minimum atomic E-state index is -0.537. The molecule has 1 saturated carbocycles. The number of halogens is 1. The van der Waals surface area contributed by atoms with E-state index in [9.17, 15) is 4.79 Å². The normalized spacial score (nSPS) is 28.0. The lowest BCUT2D eigenvalue weighted by molar-refractivity contribution is -0.120. The van der Waals surface area contributed by atoms with Crippen molar-refractivity contribution in [1.29, 1.82) is 0 Å². The molecule has 2 heterocycles. The second-order valence-corrected chi connectivity index (χ2v) is 4.97. The van der Waals surface area contributed by atoms with Gasteiger partial charge in [0.05, 0.1) is 5.69 Å². The van der Waals surface area contributed by atoms with Gasteiger partial charge in [-0.3, -0.25) is 4.79 Å². The molecule has 5 heteroatoms. The van der Waals surface area contributed by atoms with Crippen molar-refractivity contribution in [3.05, 3.63) is 17.3 Å². The second kappa shape index (κ2) is 3.10. The molecule has 3 rings (SSSR count). The molecule has 16 heavy (non-hydrogen) atoms. The van der Waals surface area contributed by atoms with Crippen molar-refractivity contribution in [2.24, 2.45) is 5.92 Å². The molecule has 2 aliphatic rings. The van der Waals surface area contributed by atoms with Crippen LogP contribution in [0, 0.1) is 5.92 Å². The van der Waals surface area contributed by atoms with Crippen LogP contribution in [0.5, 0.6) is 0 Å². The van der Waals surface area contributed by atoms with Gasteiger partial charge in [0, 0.05) is 0 Å². The summed E-state index contributed by atoms with van der Waals surface area (Å²) in [6, 6.07) is 3.43. The molecule has 0 aromatic carbocycles. The van der Waals surface area contributed by atoms with E-state index in [1.165, 1.54) is 0 Å². The van der Waals surface area contributed by atoms with Crippen molar-refractivity contribution in [2.45, 2.75) is 25.3 Å². The number of pyridine rings is 1. The minimum absolute atomic E-state index is 0.0200. The van der Waals surface area contributed by atoms with Crippen molar-refractivity contribution in [3.8, 4) is 0 Å². The molecule has 0 radical (unpaired) electrons. The van der Waals surface area contributed by atoms with E-state index in [0.717, 1.165) is 12.8 Å². The summed E-state index contributed by atoms with van der Waals surface area (Å²) in [7, 11) is 0. The number of amides is 1. The number of carbonyl (C=O) groups excluding carboxylic acids is 1. The summed E-state index contributed by atoms with van der Waals surface area (Å²) >= 11 is 5.84. The van der Waals surface area contributed by atoms with Gasteiger partial charge in [-0.05, 0) is 37.8 Å². The zero-order valence-corrected chi connectivity index (χ0v) is 9.64. The number of rotatable bonds is 1. The molecule has 1 aromatic heterocycles. The highest BCUT2D eigenvalue weighted by Crippen LogP contribution is 2.44. The van der Waals surface area contributed by atoms with Gasteiger partial charge < -0.3 is 10.6 Å². The van der Waals surface area contributed by atoms with E-state index in [2.05, 4.69) is 15.6 Å². The molecule has 1 aliphatic heterocycles. The molecule has 1 aliphatic carbocycles. The van der Waals surface area contributed by atoms with E-state index in [1.54, 1.807) is 12.1 Å². The highest BCUT2D eigenvalue weighted by molar-refractivity contribution is 6.29. The van der Waals surface area contributed by atoms with Crippen LogP contribution in [-0.2, 0) is 4.79 Å². The topological polar surface area (TPSA) is 54.0 Å². The van der Waals surface area contributed by atoms with Crippen LogP contribution >= 0.6 is 11.6 Å². The third kappa shape index (κ3) is 1.37. The summed E-state index contributed by atoms with van der Waals surface area (Å²) in [4.78, 5) is 16.2. The van der Waals surface area contributed by atoms with Crippen LogP contribution in [-0.4, -0.2) is 16.4 Å². The minimum Gasteiger partial charge on any atom is -0.354 e. The fraction of sp³-hybridized carbons (Fsp3) is 0.455. The summed E-state index contributed by atoms with van der Waals surface area (Å²) in [5.41, 5.74) is 0.164. The Hall–Kier alpha value is -1.29. The van der Waals surface area contributed by atoms with Crippen molar-refractivity contribution < 1.29 is 4.79 Å². The highest BCUT2D eigenvalue weighted by Gasteiger charge is 2.49. The molecular weight excluding hydrogens is 226 g/mol. The van der Waals surface area contributed by atoms with Crippen molar-refractivity contribution in [3.63, 3.8) is 0 Å². The number of anilines is 2. The molecule has 4 nitrogen and oxygen atoms in total. The maximum absolute atomic E-state index is 12.0. The molecule has 1 unspecified atom stereocenters. The Bertz CT molecular complexity index is 472. The summed E-state index contributed by atoms with van der Waals surface area (Å²) in [6.45, 7) is 1.92. The SMILES string of the molecule is CC1(C2CC2)Nc2nc(Cl)ccc2NC1=O. The fourth-order valence-electron chi connectivity index (χ4n) is 2.13. The van der Waals surface area contributed by atoms with Crippen molar-refractivity contribution in [1.82, 2.24) is 4.98 Å². The quantitative estimate of drug-likeness (QED) is 0.737. The van der Waals surface area contributed by atoms with E-state index in [1.807, 2.05) is 6.92 Å². The first-order valence-electron chi connectivity index (χ1n) is 5.36. The van der Waals surface area contributed by atoms with Gasteiger partial charge in [0.2, 0.25) is 5.91 Å². The number of nitrogens with zero attached hydrogens (tertiary/aromatic N) is 1.